The molecule has 1 atom stereocenters. The highest BCUT2D eigenvalue weighted by Crippen LogP contribution is 2.23. The quantitative estimate of drug-likeness (QED) is 0.842. The zero-order chi connectivity index (χ0) is 17.1. The van der Waals surface area contributed by atoms with Crippen molar-refractivity contribution in [1.82, 2.24) is 24.6 Å². The van der Waals surface area contributed by atoms with Crippen molar-refractivity contribution in [3.05, 3.63) is 30.5 Å². The average Bonchev–Trinajstić information content (AvgIpc) is 3.06. The van der Waals surface area contributed by atoms with E-state index < -0.39 is 0 Å². The lowest BCUT2D eigenvalue weighted by molar-refractivity contribution is 0.139. The Labute approximate surface area is 145 Å². The van der Waals surface area contributed by atoms with Crippen LogP contribution in [-0.4, -0.2) is 43.8 Å². The molecule has 0 N–H and O–H groups in total. The Morgan fingerprint density at radius 2 is 1.96 bits per heavy atom. The van der Waals surface area contributed by atoms with Crippen molar-refractivity contribution in [3.8, 4) is 11.3 Å². The van der Waals surface area contributed by atoms with E-state index in [1.165, 1.54) is 25.9 Å². The summed E-state index contributed by atoms with van der Waals surface area (Å²) in [4.78, 5) is 11.8. The predicted octanol–water partition coefficient (Wildman–Crippen LogP) is 3.58. The van der Waals surface area contributed by atoms with Gasteiger partial charge in [-0.2, -0.15) is 5.10 Å². The van der Waals surface area contributed by atoms with E-state index in [9.17, 15) is 0 Å². The van der Waals surface area contributed by atoms with Crippen LogP contribution < -0.4 is 0 Å². The van der Waals surface area contributed by atoms with Crippen molar-refractivity contribution >= 4 is 0 Å². The van der Waals surface area contributed by atoms with E-state index in [4.69, 9.17) is 4.98 Å². The standard InChI is InChI=1S/C19H29N5/c1-14(2)23-7-5-6-16(12-23)8-18-10-20-11-19(22-18)17-9-21-24(13-17)15(3)4/h9-11,13-16H,5-8,12H2,1-4H3/t16-/m0/s1. The zero-order valence-corrected chi connectivity index (χ0v) is 15.3. The molecular weight excluding hydrogens is 298 g/mol. The maximum absolute atomic E-state index is 4.85. The Kier molecular flexibility index (Phi) is 5.29. The second-order valence-electron chi connectivity index (χ2n) is 7.50. The summed E-state index contributed by atoms with van der Waals surface area (Å²) >= 11 is 0. The number of likely N-dealkylation sites (tertiary alicyclic amines) is 1. The van der Waals surface area contributed by atoms with Gasteiger partial charge in [-0.15, -0.1) is 0 Å². The first-order chi connectivity index (χ1) is 11.5. The molecule has 0 radical (unpaired) electrons. The van der Waals surface area contributed by atoms with Gasteiger partial charge < -0.3 is 4.90 Å². The van der Waals surface area contributed by atoms with Crippen LogP contribution in [0.3, 0.4) is 0 Å². The second-order valence-corrected chi connectivity index (χ2v) is 7.50. The molecular formula is C19H29N5. The first-order valence-electron chi connectivity index (χ1n) is 9.12. The normalized spacial score (nSPS) is 19.3. The van der Waals surface area contributed by atoms with Gasteiger partial charge in [0.1, 0.15) is 0 Å². The highest BCUT2D eigenvalue weighted by Gasteiger charge is 2.22. The number of nitrogens with zero attached hydrogens (tertiary/aromatic N) is 5. The molecule has 1 aliphatic rings. The third-order valence-electron chi connectivity index (χ3n) is 4.89. The van der Waals surface area contributed by atoms with E-state index in [-0.39, 0.29) is 0 Å². The molecule has 5 nitrogen and oxygen atoms in total. The van der Waals surface area contributed by atoms with Crippen molar-refractivity contribution in [2.24, 2.45) is 5.92 Å². The van der Waals surface area contributed by atoms with Crippen LogP contribution in [0.2, 0.25) is 0 Å². The lowest BCUT2D eigenvalue weighted by Gasteiger charge is -2.35. The summed E-state index contributed by atoms with van der Waals surface area (Å²) in [7, 11) is 0. The van der Waals surface area contributed by atoms with Gasteiger partial charge in [-0.1, -0.05) is 0 Å². The first-order valence-corrected chi connectivity index (χ1v) is 9.12. The summed E-state index contributed by atoms with van der Waals surface area (Å²) in [5.41, 5.74) is 3.07. The van der Waals surface area contributed by atoms with Crippen LogP contribution in [0.4, 0.5) is 0 Å². The maximum Gasteiger partial charge on any atom is 0.0920 e. The fourth-order valence-electron chi connectivity index (χ4n) is 3.43. The molecule has 1 fully saturated rings. The van der Waals surface area contributed by atoms with Crippen molar-refractivity contribution in [2.45, 2.75) is 59.0 Å². The van der Waals surface area contributed by atoms with Crippen molar-refractivity contribution in [3.63, 3.8) is 0 Å². The van der Waals surface area contributed by atoms with Gasteiger partial charge in [0.05, 0.1) is 23.8 Å². The molecule has 2 aromatic rings. The molecule has 2 aromatic heterocycles. The lowest BCUT2D eigenvalue weighted by atomic mass is 9.92. The van der Waals surface area contributed by atoms with E-state index in [0.29, 0.717) is 18.0 Å². The summed E-state index contributed by atoms with van der Waals surface area (Å²) in [6, 6.07) is 0.992. The topological polar surface area (TPSA) is 46.8 Å². The van der Waals surface area contributed by atoms with Crippen molar-refractivity contribution in [2.75, 3.05) is 13.1 Å². The van der Waals surface area contributed by atoms with Crippen LogP contribution in [0.25, 0.3) is 11.3 Å². The van der Waals surface area contributed by atoms with Crippen LogP contribution in [0.1, 0.15) is 52.3 Å². The lowest BCUT2D eigenvalue weighted by Crippen LogP contribution is -2.40. The Bertz CT molecular complexity index is 661. The van der Waals surface area contributed by atoms with Crippen LogP contribution in [-0.2, 0) is 6.42 Å². The smallest absolute Gasteiger partial charge is 0.0920 e. The van der Waals surface area contributed by atoms with Crippen LogP contribution >= 0.6 is 0 Å². The molecule has 0 unspecified atom stereocenters. The Balaban J connectivity index is 1.71. The maximum atomic E-state index is 4.85. The van der Waals surface area contributed by atoms with E-state index in [1.807, 2.05) is 23.3 Å². The first kappa shape index (κ1) is 17.1. The predicted molar refractivity (Wildman–Crippen MR) is 96.8 cm³/mol. The van der Waals surface area contributed by atoms with Crippen molar-refractivity contribution in [1.29, 1.82) is 0 Å². The molecule has 0 aliphatic carbocycles. The fourth-order valence-corrected chi connectivity index (χ4v) is 3.43. The van der Waals surface area contributed by atoms with E-state index >= 15 is 0 Å². The Morgan fingerprint density at radius 1 is 1.12 bits per heavy atom. The van der Waals surface area contributed by atoms with Crippen LogP contribution in [0.15, 0.2) is 24.8 Å². The molecule has 1 aliphatic heterocycles. The van der Waals surface area contributed by atoms with E-state index in [2.05, 4.69) is 48.9 Å². The highest BCUT2D eigenvalue weighted by molar-refractivity contribution is 5.55. The van der Waals surface area contributed by atoms with Gasteiger partial charge in [0, 0.05) is 36.6 Å². The SMILES string of the molecule is CC(C)N1CCC[C@@H](Cc2cncc(-c3cnn(C(C)C)c3)n2)C1. The summed E-state index contributed by atoms with van der Waals surface area (Å²) in [6.45, 7) is 11.2. The number of rotatable bonds is 5. The minimum Gasteiger partial charge on any atom is -0.301 e. The van der Waals surface area contributed by atoms with E-state index in [0.717, 1.165) is 23.4 Å². The number of piperidine rings is 1. The Morgan fingerprint density at radius 3 is 2.67 bits per heavy atom. The minimum absolute atomic E-state index is 0.360. The van der Waals surface area contributed by atoms with E-state index in [1.54, 1.807) is 0 Å². The van der Waals surface area contributed by atoms with Gasteiger partial charge in [0.15, 0.2) is 0 Å². The summed E-state index contributed by atoms with van der Waals surface area (Å²) in [5.74, 6) is 0.684. The van der Waals surface area contributed by atoms with Gasteiger partial charge >= 0.3 is 0 Å². The fraction of sp³-hybridized carbons (Fsp3) is 0.632. The monoisotopic (exact) mass is 327 g/mol. The molecule has 0 amide bonds. The molecule has 0 bridgehead atoms. The number of hydrogen-bond acceptors (Lipinski definition) is 4. The molecule has 0 saturated carbocycles. The molecule has 3 heterocycles. The molecule has 130 valence electrons. The number of aromatic nitrogens is 4. The minimum atomic E-state index is 0.360. The average molecular weight is 327 g/mol. The number of hydrogen-bond donors (Lipinski definition) is 0. The Hall–Kier alpha value is -1.75. The second kappa shape index (κ2) is 7.43. The zero-order valence-electron chi connectivity index (χ0n) is 15.3. The van der Waals surface area contributed by atoms with Crippen LogP contribution in [0.5, 0.6) is 0 Å². The molecule has 0 spiro atoms. The largest absolute Gasteiger partial charge is 0.301 e. The van der Waals surface area contributed by atoms with Gasteiger partial charge in [0.2, 0.25) is 0 Å². The van der Waals surface area contributed by atoms with Gasteiger partial charge in [-0.05, 0) is 59.4 Å². The highest BCUT2D eigenvalue weighted by atomic mass is 15.3. The van der Waals surface area contributed by atoms with Crippen LogP contribution in [0, 0.1) is 5.92 Å². The van der Waals surface area contributed by atoms with Crippen molar-refractivity contribution < 1.29 is 0 Å². The van der Waals surface area contributed by atoms with Gasteiger partial charge in [-0.25, -0.2) is 4.98 Å². The molecule has 1 saturated heterocycles. The summed E-state index contributed by atoms with van der Waals surface area (Å²) in [5, 5.41) is 4.41. The molecule has 0 aromatic carbocycles. The third kappa shape index (κ3) is 4.01. The van der Waals surface area contributed by atoms with Gasteiger partial charge in [0.25, 0.3) is 0 Å². The molecule has 5 heteroatoms. The summed E-state index contributed by atoms with van der Waals surface area (Å²) in [6.07, 6.45) is 11.3. The molecule has 3 rings (SSSR count). The molecule has 24 heavy (non-hydrogen) atoms. The summed E-state index contributed by atoms with van der Waals surface area (Å²) < 4.78 is 1.96. The van der Waals surface area contributed by atoms with Gasteiger partial charge in [-0.3, -0.25) is 9.67 Å². The third-order valence-corrected chi connectivity index (χ3v) is 4.89.